The minimum atomic E-state index is -0.502. The predicted molar refractivity (Wildman–Crippen MR) is 118 cm³/mol. The fraction of sp³-hybridized carbons (Fsp3) is 0.409. The standard InChI is InChI=1S/C22H26N8O/c1-11-18(22(2,3)24)25-10-15(26-11)12-8-13(9-12)19-28-20-14-6-5-7-16(31-4)17(14)27-21(23)30(20)29-19/h5-7,10,12-13H,8-9,24H2,1-4H3,(H2,23,27)/t12-,13-. The van der Waals surface area contributed by atoms with Crippen LogP contribution in [-0.2, 0) is 5.54 Å². The smallest absolute Gasteiger partial charge is 0.223 e. The molecule has 0 saturated heterocycles. The molecule has 5 rings (SSSR count). The Bertz CT molecular complexity index is 1300. The Balaban J connectivity index is 1.43. The highest BCUT2D eigenvalue weighted by Gasteiger charge is 2.36. The van der Waals surface area contributed by atoms with E-state index in [1.54, 1.807) is 11.6 Å². The molecular formula is C22H26N8O. The van der Waals surface area contributed by atoms with Crippen LogP contribution in [0.2, 0.25) is 0 Å². The number of ether oxygens (including phenoxy) is 1. The monoisotopic (exact) mass is 418 g/mol. The Morgan fingerprint density at radius 3 is 2.58 bits per heavy atom. The van der Waals surface area contributed by atoms with Crippen molar-refractivity contribution in [3.63, 3.8) is 0 Å². The first-order chi connectivity index (χ1) is 14.8. The number of fused-ring (bicyclic) bond motifs is 3. The van der Waals surface area contributed by atoms with E-state index in [9.17, 15) is 0 Å². The molecule has 1 aromatic carbocycles. The third-order valence-corrected chi connectivity index (χ3v) is 6.02. The van der Waals surface area contributed by atoms with Gasteiger partial charge in [0.05, 0.1) is 29.7 Å². The molecule has 4 N–H and O–H groups in total. The van der Waals surface area contributed by atoms with Crippen molar-refractivity contribution < 1.29 is 4.74 Å². The molecule has 0 aliphatic heterocycles. The molecule has 1 saturated carbocycles. The number of methoxy groups -OCH3 is 1. The molecule has 0 radical (unpaired) electrons. The normalized spacial score (nSPS) is 19.0. The number of para-hydroxylation sites is 1. The summed E-state index contributed by atoms with van der Waals surface area (Å²) in [5.74, 6) is 2.33. The fourth-order valence-electron chi connectivity index (χ4n) is 4.38. The molecule has 1 aliphatic carbocycles. The topological polar surface area (TPSA) is 130 Å². The Kier molecular flexibility index (Phi) is 4.33. The average Bonchev–Trinajstić information content (AvgIpc) is 3.11. The first kappa shape index (κ1) is 19.6. The van der Waals surface area contributed by atoms with Crippen LogP contribution < -0.4 is 16.2 Å². The number of anilines is 1. The van der Waals surface area contributed by atoms with Crippen LogP contribution in [0.3, 0.4) is 0 Å². The number of rotatable bonds is 4. The third-order valence-electron chi connectivity index (χ3n) is 6.02. The number of nitrogens with two attached hydrogens (primary N) is 2. The molecule has 3 heterocycles. The molecule has 160 valence electrons. The molecule has 9 nitrogen and oxygen atoms in total. The molecule has 0 bridgehead atoms. The van der Waals surface area contributed by atoms with Crippen LogP contribution in [0, 0.1) is 6.92 Å². The van der Waals surface area contributed by atoms with Crippen molar-refractivity contribution >= 4 is 22.5 Å². The van der Waals surface area contributed by atoms with Gasteiger partial charge in [-0.3, -0.25) is 9.97 Å². The zero-order chi connectivity index (χ0) is 21.9. The second kappa shape index (κ2) is 6.84. The van der Waals surface area contributed by atoms with Crippen molar-refractivity contribution in [2.24, 2.45) is 5.73 Å². The summed E-state index contributed by atoms with van der Waals surface area (Å²) in [6.07, 6.45) is 3.70. The molecular weight excluding hydrogens is 392 g/mol. The highest BCUT2D eigenvalue weighted by atomic mass is 16.5. The first-order valence-electron chi connectivity index (χ1n) is 10.4. The second-order valence-electron chi connectivity index (χ2n) is 8.85. The molecule has 31 heavy (non-hydrogen) atoms. The molecule has 1 fully saturated rings. The van der Waals surface area contributed by atoms with Gasteiger partial charge in [0, 0.05) is 23.4 Å². The molecule has 4 aromatic rings. The molecule has 0 spiro atoms. The largest absolute Gasteiger partial charge is 0.494 e. The summed E-state index contributed by atoms with van der Waals surface area (Å²) in [6.45, 7) is 5.85. The van der Waals surface area contributed by atoms with Gasteiger partial charge in [-0.1, -0.05) is 6.07 Å². The van der Waals surface area contributed by atoms with Crippen LogP contribution in [0.15, 0.2) is 24.4 Å². The lowest BCUT2D eigenvalue weighted by Gasteiger charge is -2.33. The Morgan fingerprint density at radius 1 is 1.13 bits per heavy atom. The molecule has 0 atom stereocenters. The van der Waals surface area contributed by atoms with Gasteiger partial charge in [0.2, 0.25) is 5.95 Å². The molecule has 0 amide bonds. The van der Waals surface area contributed by atoms with Crippen LogP contribution in [0.25, 0.3) is 16.6 Å². The Hall–Kier alpha value is -3.33. The third kappa shape index (κ3) is 3.16. The van der Waals surface area contributed by atoms with Crippen molar-refractivity contribution in [1.82, 2.24) is 29.5 Å². The molecule has 0 unspecified atom stereocenters. The maximum absolute atomic E-state index is 6.19. The van der Waals surface area contributed by atoms with Gasteiger partial charge >= 0.3 is 0 Å². The summed E-state index contributed by atoms with van der Waals surface area (Å²) in [6, 6.07) is 5.74. The van der Waals surface area contributed by atoms with E-state index in [0.29, 0.717) is 28.8 Å². The highest BCUT2D eigenvalue weighted by Crippen LogP contribution is 2.46. The lowest BCUT2D eigenvalue weighted by Crippen LogP contribution is -2.32. The lowest BCUT2D eigenvalue weighted by molar-refractivity contribution is 0.330. The summed E-state index contributed by atoms with van der Waals surface area (Å²) in [5, 5.41) is 5.52. The number of hydrogen-bond donors (Lipinski definition) is 2. The van der Waals surface area contributed by atoms with E-state index in [-0.39, 0.29) is 5.92 Å². The molecule has 3 aromatic heterocycles. The van der Waals surface area contributed by atoms with Crippen molar-refractivity contribution in [3.05, 3.63) is 47.3 Å². The maximum Gasteiger partial charge on any atom is 0.223 e. The SMILES string of the molecule is COc1cccc2c1nc(N)n1nc([C@H]3C[C@H](c4cnc(C(C)(C)N)c(C)n4)C3)nc21. The van der Waals surface area contributed by atoms with Crippen molar-refractivity contribution in [3.8, 4) is 5.75 Å². The van der Waals surface area contributed by atoms with Gasteiger partial charge in [-0.05, 0) is 45.7 Å². The van der Waals surface area contributed by atoms with Gasteiger partial charge in [0.15, 0.2) is 11.5 Å². The molecule has 9 heteroatoms. The maximum atomic E-state index is 6.19. The number of aryl methyl sites for hydroxylation is 1. The zero-order valence-electron chi connectivity index (χ0n) is 18.1. The predicted octanol–water partition coefficient (Wildman–Crippen LogP) is 2.82. The molecule has 1 aliphatic rings. The zero-order valence-corrected chi connectivity index (χ0v) is 18.1. The van der Waals surface area contributed by atoms with Crippen LogP contribution >= 0.6 is 0 Å². The van der Waals surface area contributed by atoms with E-state index in [2.05, 4.69) is 15.1 Å². The number of nitrogens with zero attached hydrogens (tertiary/aromatic N) is 6. The second-order valence-corrected chi connectivity index (χ2v) is 8.85. The summed E-state index contributed by atoms with van der Waals surface area (Å²) in [4.78, 5) is 18.7. The van der Waals surface area contributed by atoms with E-state index in [1.807, 2.05) is 45.2 Å². The minimum Gasteiger partial charge on any atom is -0.494 e. The lowest BCUT2D eigenvalue weighted by atomic mass is 9.73. The van der Waals surface area contributed by atoms with Crippen LogP contribution in [-0.4, -0.2) is 36.7 Å². The summed E-state index contributed by atoms with van der Waals surface area (Å²) in [5.41, 5.74) is 16.0. The van der Waals surface area contributed by atoms with Gasteiger partial charge in [0.25, 0.3) is 0 Å². The van der Waals surface area contributed by atoms with Crippen LogP contribution in [0.4, 0.5) is 5.95 Å². The van der Waals surface area contributed by atoms with Crippen LogP contribution in [0.1, 0.15) is 61.4 Å². The van der Waals surface area contributed by atoms with E-state index < -0.39 is 5.54 Å². The van der Waals surface area contributed by atoms with E-state index in [0.717, 1.165) is 41.1 Å². The number of nitrogen functional groups attached to an aromatic ring is 1. The van der Waals surface area contributed by atoms with Gasteiger partial charge in [-0.25, -0.2) is 9.97 Å². The Labute approximate surface area is 179 Å². The van der Waals surface area contributed by atoms with E-state index in [4.69, 9.17) is 26.2 Å². The van der Waals surface area contributed by atoms with Gasteiger partial charge in [0.1, 0.15) is 11.3 Å². The number of aromatic nitrogens is 6. The fourth-order valence-corrected chi connectivity index (χ4v) is 4.38. The summed E-state index contributed by atoms with van der Waals surface area (Å²) in [7, 11) is 1.62. The average molecular weight is 419 g/mol. The van der Waals surface area contributed by atoms with E-state index in [1.165, 1.54) is 0 Å². The first-order valence-corrected chi connectivity index (χ1v) is 10.4. The Morgan fingerprint density at radius 2 is 1.90 bits per heavy atom. The van der Waals surface area contributed by atoms with E-state index >= 15 is 0 Å². The number of benzene rings is 1. The van der Waals surface area contributed by atoms with Gasteiger partial charge in [-0.2, -0.15) is 4.52 Å². The number of hydrogen-bond acceptors (Lipinski definition) is 8. The van der Waals surface area contributed by atoms with Gasteiger partial charge < -0.3 is 16.2 Å². The van der Waals surface area contributed by atoms with Crippen molar-refractivity contribution in [1.29, 1.82) is 0 Å². The van der Waals surface area contributed by atoms with Crippen molar-refractivity contribution in [2.75, 3.05) is 12.8 Å². The van der Waals surface area contributed by atoms with Crippen molar-refractivity contribution in [2.45, 2.75) is 51.0 Å². The highest BCUT2D eigenvalue weighted by molar-refractivity contribution is 5.95. The summed E-state index contributed by atoms with van der Waals surface area (Å²) >= 11 is 0. The quantitative estimate of drug-likeness (QED) is 0.517. The summed E-state index contributed by atoms with van der Waals surface area (Å²) < 4.78 is 7.04. The van der Waals surface area contributed by atoms with Crippen LogP contribution in [0.5, 0.6) is 5.75 Å². The van der Waals surface area contributed by atoms with Gasteiger partial charge in [-0.15, -0.1) is 5.10 Å². The minimum absolute atomic E-state index is 0.248.